The van der Waals surface area contributed by atoms with Crippen LogP contribution < -0.4 is 5.32 Å². The molecular formula is C18H17N3O4S. The molecule has 0 spiro atoms. The van der Waals surface area contributed by atoms with Crippen molar-refractivity contribution in [3.63, 3.8) is 0 Å². The Balaban J connectivity index is 1.59. The fourth-order valence-corrected chi connectivity index (χ4v) is 3.40. The van der Waals surface area contributed by atoms with Crippen molar-refractivity contribution in [3.8, 4) is 0 Å². The van der Waals surface area contributed by atoms with Crippen LogP contribution in [0, 0.1) is 13.8 Å². The van der Waals surface area contributed by atoms with Crippen molar-refractivity contribution < 1.29 is 18.8 Å². The molecule has 2 aromatic rings. The maximum Gasteiger partial charge on any atom is 0.293 e. The average Bonchev–Trinajstić information content (AvgIpc) is 3.08. The highest BCUT2D eigenvalue weighted by atomic mass is 32.2. The van der Waals surface area contributed by atoms with Crippen LogP contribution in [0.2, 0.25) is 0 Å². The molecule has 0 aromatic carbocycles. The second kappa shape index (κ2) is 7.57. The molecule has 0 saturated carbocycles. The van der Waals surface area contributed by atoms with Crippen molar-refractivity contribution in [1.82, 2.24) is 15.2 Å². The third-order valence-corrected chi connectivity index (χ3v) is 4.67. The van der Waals surface area contributed by atoms with E-state index in [0.717, 1.165) is 22.2 Å². The topological polar surface area (TPSA) is 92.5 Å². The number of hydrogen-bond donors (Lipinski definition) is 1. The zero-order valence-corrected chi connectivity index (χ0v) is 15.1. The normalized spacial score (nSPS) is 15.8. The lowest BCUT2D eigenvalue weighted by atomic mass is 10.2. The molecule has 1 aliphatic rings. The second-order valence-corrected chi connectivity index (χ2v) is 6.70. The maximum atomic E-state index is 12.4. The first-order valence-electron chi connectivity index (χ1n) is 7.96. The van der Waals surface area contributed by atoms with Crippen LogP contribution in [0.4, 0.5) is 4.79 Å². The predicted octanol–water partition coefficient (Wildman–Crippen LogP) is 2.76. The van der Waals surface area contributed by atoms with Crippen LogP contribution in [0.5, 0.6) is 0 Å². The molecule has 0 bridgehead atoms. The molecule has 134 valence electrons. The lowest BCUT2D eigenvalue weighted by Gasteiger charge is -2.12. The smallest absolute Gasteiger partial charge is 0.293 e. The summed E-state index contributed by atoms with van der Waals surface area (Å²) in [5.41, 5.74) is 1.20. The molecule has 0 unspecified atom stereocenters. The Bertz CT molecular complexity index is 889. The fourth-order valence-electron chi connectivity index (χ4n) is 2.54. The van der Waals surface area contributed by atoms with Gasteiger partial charge in [-0.3, -0.25) is 24.3 Å². The van der Waals surface area contributed by atoms with Gasteiger partial charge in [0.05, 0.1) is 10.5 Å². The average molecular weight is 371 g/mol. The van der Waals surface area contributed by atoms with E-state index in [9.17, 15) is 14.4 Å². The molecule has 1 aliphatic heterocycles. The van der Waals surface area contributed by atoms with Gasteiger partial charge in [-0.1, -0.05) is 6.07 Å². The maximum absolute atomic E-state index is 12.4. The summed E-state index contributed by atoms with van der Waals surface area (Å²) in [7, 11) is 0. The van der Waals surface area contributed by atoms with E-state index >= 15 is 0 Å². The summed E-state index contributed by atoms with van der Waals surface area (Å²) in [6.07, 6.45) is 4.88. The van der Waals surface area contributed by atoms with Crippen LogP contribution in [0.1, 0.15) is 27.4 Å². The van der Waals surface area contributed by atoms with Gasteiger partial charge in [-0.05, 0) is 49.4 Å². The second-order valence-electron chi connectivity index (χ2n) is 5.70. The summed E-state index contributed by atoms with van der Waals surface area (Å²) in [5, 5.41) is 2.35. The number of carbonyl (C=O) groups is 3. The van der Waals surface area contributed by atoms with Crippen LogP contribution in [-0.4, -0.2) is 40.0 Å². The van der Waals surface area contributed by atoms with E-state index in [0.29, 0.717) is 22.0 Å². The lowest BCUT2D eigenvalue weighted by Crippen LogP contribution is -2.37. The van der Waals surface area contributed by atoms with Crippen molar-refractivity contribution in [2.45, 2.75) is 13.8 Å². The zero-order valence-electron chi connectivity index (χ0n) is 14.3. The highest BCUT2D eigenvalue weighted by Gasteiger charge is 2.34. The van der Waals surface area contributed by atoms with E-state index in [1.54, 1.807) is 50.5 Å². The summed E-state index contributed by atoms with van der Waals surface area (Å²) in [6.45, 7) is 3.75. The number of amides is 3. The minimum atomic E-state index is -0.367. The Hall–Kier alpha value is -2.87. The first kappa shape index (κ1) is 17.9. The van der Waals surface area contributed by atoms with E-state index in [-0.39, 0.29) is 30.1 Å². The summed E-state index contributed by atoms with van der Waals surface area (Å²) in [6, 6.07) is 5.21. The Morgan fingerprint density at radius 2 is 2.19 bits per heavy atom. The minimum absolute atomic E-state index is 0.108. The number of nitrogens with zero attached hydrogens (tertiary/aromatic N) is 2. The number of furan rings is 1. The van der Waals surface area contributed by atoms with Gasteiger partial charge in [-0.15, -0.1) is 0 Å². The van der Waals surface area contributed by atoms with Crippen molar-refractivity contribution in [3.05, 3.63) is 58.1 Å². The highest BCUT2D eigenvalue weighted by molar-refractivity contribution is 8.18. The van der Waals surface area contributed by atoms with Crippen LogP contribution in [0.3, 0.4) is 0 Å². The van der Waals surface area contributed by atoms with E-state index in [4.69, 9.17) is 4.42 Å². The molecule has 0 radical (unpaired) electrons. The van der Waals surface area contributed by atoms with E-state index in [1.807, 2.05) is 0 Å². The molecule has 1 fully saturated rings. The predicted molar refractivity (Wildman–Crippen MR) is 97.4 cm³/mol. The molecule has 0 aliphatic carbocycles. The summed E-state index contributed by atoms with van der Waals surface area (Å²) in [4.78, 5) is 42.0. The molecule has 1 saturated heterocycles. The Labute approximate surface area is 154 Å². The van der Waals surface area contributed by atoms with Gasteiger partial charge in [0.1, 0.15) is 11.5 Å². The summed E-state index contributed by atoms with van der Waals surface area (Å²) >= 11 is 0.881. The van der Waals surface area contributed by atoms with Gasteiger partial charge >= 0.3 is 0 Å². The number of aromatic nitrogens is 1. The zero-order chi connectivity index (χ0) is 18.7. The number of carbonyl (C=O) groups excluding carboxylic acids is 3. The molecular weight excluding hydrogens is 354 g/mol. The van der Waals surface area contributed by atoms with Gasteiger partial charge in [0, 0.05) is 25.5 Å². The van der Waals surface area contributed by atoms with Crippen LogP contribution in [-0.2, 0) is 4.79 Å². The van der Waals surface area contributed by atoms with Crippen molar-refractivity contribution in [2.24, 2.45) is 0 Å². The number of pyridine rings is 1. The highest BCUT2D eigenvalue weighted by Crippen LogP contribution is 2.31. The number of rotatable bonds is 5. The van der Waals surface area contributed by atoms with Gasteiger partial charge < -0.3 is 9.73 Å². The standard InChI is InChI=1S/C18H17N3O4S/c1-11-8-14(12(2)25-11)16(22)20-6-7-21-17(23)15(26-18(21)24)9-13-4-3-5-19-10-13/h3-5,8-10H,6-7H2,1-2H3,(H,20,22)/b15-9-. The molecule has 3 rings (SSSR count). The largest absolute Gasteiger partial charge is 0.466 e. The first-order valence-corrected chi connectivity index (χ1v) is 8.78. The summed E-state index contributed by atoms with van der Waals surface area (Å²) in [5.74, 6) is 0.523. The van der Waals surface area contributed by atoms with Crippen LogP contribution >= 0.6 is 11.8 Å². The van der Waals surface area contributed by atoms with E-state index in [2.05, 4.69) is 10.3 Å². The monoisotopic (exact) mass is 371 g/mol. The SMILES string of the molecule is Cc1cc(C(=O)NCCN2C(=O)S/C(=C\c3cccnc3)C2=O)c(C)o1. The van der Waals surface area contributed by atoms with Crippen molar-refractivity contribution >= 4 is 34.9 Å². The third kappa shape index (κ3) is 3.85. The van der Waals surface area contributed by atoms with Gasteiger partial charge in [-0.2, -0.15) is 0 Å². The van der Waals surface area contributed by atoms with E-state index < -0.39 is 0 Å². The van der Waals surface area contributed by atoms with Gasteiger partial charge in [0.15, 0.2) is 0 Å². The Kier molecular flexibility index (Phi) is 5.22. The minimum Gasteiger partial charge on any atom is -0.466 e. The Morgan fingerprint density at radius 3 is 2.85 bits per heavy atom. The molecule has 3 heterocycles. The van der Waals surface area contributed by atoms with Crippen molar-refractivity contribution in [1.29, 1.82) is 0 Å². The molecule has 0 atom stereocenters. The number of imide groups is 1. The molecule has 2 aromatic heterocycles. The van der Waals surface area contributed by atoms with Gasteiger partial charge in [0.2, 0.25) is 0 Å². The number of thioether (sulfide) groups is 1. The quantitative estimate of drug-likeness (QED) is 0.813. The fraction of sp³-hybridized carbons (Fsp3) is 0.222. The van der Waals surface area contributed by atoms with Crippen LogP contribution in [0.25, 0.3) is 6.08 Å². The van der Waals surface area contributed by atoms with E-state index in [1.165, 1.54) is 0 Å². The third-order valence-electron chi connectivity index (χ3n) is 3.76. The summed E-state index contributed by atoms with van der Waals surface area (Å²) < 4.78 is 5.32. The van der Waals surface area contributed by atoms with Gasteiger partial charge in [0.25, 0.3) is 17.1 Å². The molecule has 8 heteroatoms. The number of hydrogen-bond acceptors (Lipinski definition) is 6. The van der Waals surface area contributed by atoms with Crippen molar-refractivity contribution in [2.75, 3.05) is 13.1 Å². The first-order chi connectivity index (χ1) is 12.5. The molecule has 1 N–H and O–H groups in total. The number of aryl methyl sites for hydroxylation is 2. The van der Waals surface area contributed by atoms with Crippen LogP contribution in [0.15, 0.2) is 39.9 Å². The molecule has 3 amide bonds. The van der Waals surface area contributed by atoms with Gasteiger partial charge in [-0.25, -0.2) is 0 Å². The number of nitrogens with one attached hydrogen (secondary N) is 1. The molecule has 7 nitrogen and oxygen atoms in total. The lowest BCUT2D eigenvalue weighted by molar-refractivity contribution is -0.122. The molecule has 26 heavy (non-hydrogen) atoms. The Morgan fingerprint density at radius 1 is 1.38 bits per heavy atom.